The second-order valence-electron chi connectivity index (χ2n) is 4.65. The number of ether oxygens (including phenoxy) is 2. The molecule has 1 aliphatic rings. The lowest BCUT2D eigenvalue weighted by Gasteiger charge is -2.20. The fourth-order valence-electron chi connectivity index (χ4n) is 2.12. The second-order valence-corrected chi connectivity index (χ2v) is 6.85. The molecule has 0 aliphatic carbocycles. The fraction of sp³-hybridized carbons (Fsp3) is 0.385. The normalized spacial score (nSPS) is 13.3. The number of hydrogen-bond donors (Lipinski definition) is 1. The Balaban J connectivity index is 1.80. The number of nitro groups is 1. The van der Waals surface area contributed by atoms with Gasteiger partial charge in [0.25, 0.3) is 5.69 Å². The Hall–Kier alpha value is -1.91. The molecule has 1 aromatic heterocycles. The Morgan fingerprint density at radius 1 is 1.48 bits per heavy atom. The summed E-state index contributed by atoms with van der Waals surface area (Å²) in [7, 11) is 0. The predicted octanol–water partition coefficient (Wildman–Crippen LogP) is 3.04. The van der Waals surface area contributed by atoms with E-state index in [9.17, 15) is 10.1 Å². The Morgan fingerprint density at radius 2 is 2.35 bits per heavy atom. The van der Waals surface area contributed by atoms with E-state index in [0.717, 1.165) is 21.6 Å². The molecule has 0 spiro atoms. The molecule has 2 heterocycles. The van der Waals surface area contributed by atoms with Gasteiger partial charge in [-0.15, -0.1) is 10.2 Å². The summed E-state index contributed by atoms with van der Waals surface area (Å²) in [6, 6.07) is 3.04. The molecular formula is C13H14N4O4S2. The SMILES string of the molecule is CCNc1nnc(SCc2cc([N+](=O)[O-])cc3c2OCOC3)s1. The Labute approximate surface area is 140 Å². The molecule has 10 heteroatoms. The lowest BCUT2D eigenvalue weighted by atomic mass is 10.1. The molecule has 0 fully saturated rings. The lowest BCUT2D eigenvalue weighted by molar-refractivity contribution is -0.385. The van der Waals surface area contributed by atoms with E-state index < -0.39 is 4.92 Å². The minimum Gasteiger partial charge on any atom is -0.467 e. The Morgan fingerprint density at radius 3 is 3.13 bits per heavy atom. The van der Waals surface area contributed by atoms with E-state index in [1.165, 1.54) is 29.2 Å². The van der Waals surface area contributed by atoms with Gasteiger partial charge in [-0.05, 0) is 6.92 Å². The van der Waals surface area contributed by atoms with Crippen molar-refractivity contribution in [3.63, 3.8) is 0 Å². The van der Waals surface area contributed by atoms with Crippen molar-refractivity contribution in [3.05, 3.63) is 33.4 Å². The molecule has 23 heavy (non-hydrogen) atoms. The van der Waals surface area contributed by atoms with Crippen molar-refractivity contribution in [1.82, 2.24) is 10.2 Å². The standard InChI is InChI=1S/C13H14N4O4S2/c1-2-14-12-15-16-13(23-12)22-6-9-4-10(17(18)19)3-8-5-20-7-21-11(8)9/h3-4H,2,5-7H2,1H3,(H,14,15). The summed E-state index contributed by atoms with van der Waals surface area (Å²) in [6.45, 7) is 3.25. The van der Waals surface area contributed by atoms with Gasteiger partial charge in [0.05, 0.1) is 11.5 Å². The van der Waals surface area contributed by atoms with Crippen LogP contribution in [0.2, 0.25) is 0 Å². The average Bonchev–Trinajstić information content (AvgIpc) is 3.00. The topological polar surface area (TPSA) is 99.4 Å². The Kier molecular flexibility index (Phi) is 4.94. The average molecular weight is 354 g/mol. The van der Waals surface area contributed by atoms with E-state index in [2.05, 4.69) is 15.5 Å². The summed E-state index contributed by atoms with van der Waals surface area (Å²) in [4.78, 5) is 10.7. The summed E-state index contributed by atoms with van der Waals surface area (Å²) >= 11 is 2.93. The van der Waals surface area contributed by atoms with Gasteiger partial charge in [-0.1, -0.05) is 23.1 Å². The molecule has 1 aromatic carbocycles. The van der Waals surface area contributed by atoms with Gasteiger partial charge in [0.2, 0.25) is 5.13 Å². The highest BCUT2D eigenvalue weighted by Crippen LogP contribution is 2.37. The van der Waals surface area contributed by atoms with Crippen LogP contribution in [-0.2, 0) is 17.1 Å². The number of nitro benzene ring substituents is 1. The number of fused-ring (bicyclic) bond motifs is 1. The number of anilines is 1. The number of nitrogens with one attached hydrogen (secondary N) is 1. The van der Waals surface area contributed by atoms with Crippen LogP contribution in [0, 0.1) is 10.1 Å². The zero-order valence-corrected chi connectivity index (χ0v) is 13.9. The van der Waals surface area contributed by atoms with Crippen molar-refractivity contribution in [2.45, 2.75) is 23.6 Å². The van der Waals surface area contributed by atoms with Crippen LogP contribution in [0.5, 0.6) is 5.75 Å². The monoisotopic (exact) mass is 354 g/mol. The quantitative estimate of drug-likeness (QED) is 0.480. The summed E-state index contributed by atoms with van der Waals surface area (Å²) < 4.78 is 11.5. The molecule has 1 aliphatic heterocycles. The minimum atomic E-state index is -0.405. The molecule has 0 radical (unpaired) electrons. The molecule has 0 unspecified atom stereocenters. The Bertz CT molecular complexity index is 722. The first-order chi connectivity index (χ1) is 11.2. The third-order valence-corrected chi connectivity index (χ3v) is 5.13. The van der Waals surface area contributed by atoms with Crippen LogP contribution in [-0.4, -0.2) is 28.5 Å². The van der Waals surface area contributed by atoms with Crippen LogP contribution in [0.3, 0.4) is 0 Å². The van der Waals surface area contributed by atoms with E-state index in [-0.39, 0.29) is 12.5 Å². The third-order valence-electron chi connectivity index (χ3n) is 3.07. The first-order valence-electron chi connectivity index (χ1n) is 6.88. The van der Waals surface area contributed by atoms with Crippen molar-refractivity contribution in [2.75, 3.05) is 18.7 Å². The van der Waals surface area contributed by atoms with Gasteiger partial charge in [-0.2, -0.15) is 0 Å². The molecule has 0 atom stereocenters. The fourth-order valence-corrected chi connectivity index (χ4v) is 3.91. The van der Waals surface area contributed by atoms with E-state index in [0.29, 0.717) is 23.7 Å². The first kappa shape index (κ1) is 16.0. The highest BCUT2D eigenvalue weighted by atomic mass is 32.2. The van der Waals surface area contributed by atoms with Crippen molar-refractivity contribution in [2.24, 2.45) is 0 Å². The second kappa shape index (κ2) is 7.11. The summed E-state index contributed by atoms with van der Waals surface area (Å²) in [5.74, 6) is 1.19. The predicted molar refractivity (Wildman–Crippen MR) is 87.0 cm³/mol. The van der Waals surface area contributed by atoms with Crippen LogP contribution in [0.4, 0.5) is 10.8 Å². The third kappa shape index (κ3) is 3.71. The van der Waals surface area contributed by atoms with E-state index in [4.69, 9.17) is 9.47 Å². The number of nitrogens with zero attached hydrogens (tertiary/aromatic N) is 3. The summed E-state index contributed by atoms with van der Waals surface area (Å²) in [5, 5.41) is 23.1. The van der Waals surface area contributed by atoms with Gasteiger partial charge in [0.1, 0.15) is 5.75 Å². The zero-order valence-electron chi connectivity index (χ0n) is 12.3. The molecule has 122 valence electrons. The molecule has 3 rings (SSSR count). The van der Waals surface area contributed by atoms with Crippen molar-refractivity contribution < 1.29 is 14.4 Å². The molecular weight excluding hydrogens is 340 g/mol. The zero-order chi connectivity index (χ0) is 16.2. The van der Waals surface area contributed by atoms with Crippen LogP contribution in [0.25, 0.3) is 0 Å². The number of benzene rings is 1. The molecule has 0 bridgehead atoms. The van der Waals surface area contributed by atoms with Crippen molar-refractivity contribution >= 4 is 33.9 Å². The maximum Gasteiger partial charge on any atom is 0.270 e. The van der Waals surface area contributed by atoms with Gasteiger partial charge in [0.15, 0.2) is 11.1 Å². The highest BCUT2D eigenvalue weighted by Gasteiger charge is 2.21. The number of rotatable bonds is 6. The van der Waals surface area contributed by atoms with Gasteiger partial charge in [-0.25, -0.2) is 0 Å². The van der Waals surface area contributed by atoms with E-state index in [1.807, 2.05) is 6.92 Å². The molecule has 8 nitrogen and oxygen atoms in total. The largest absolute Gasteiger partial charge is 0.467 e. The lowest BCUT2D eigenvalue weighted by Crippen LogP contribution is -2.13. The van der Waals surface area contributed by atoms with Crippen molar-refractivity contribution in [3.8, 4) is 5.75 Å². The number of aromatic nitrogens is 2. The molecule has 2 aromatic rings. The van der Waals surface area contributed by atoms with Crippen LogP contribution in [0.1, 0.15) is 18.1 Å². The van der Waals surface area contributed by atoms with Gasteiger partial charge in [-0.3, -0.25) is 10.1 Å². The molecule has 0 amide bonds. The molecule has 1 N–H and O–H groups in total. The van der Waals surface area contributed by atoms with E-state index >= 15 is 0 Å². The number of thioether (sulfide) groups is 1. The van der Waals surface area contributed by atoms with Gasteiger partial charge >= 0.3 is 0 Å². The van der Waals surface area contributed by atoms with Gasteiger partial charge in [0, 0.05) is 35.6 Å². The highest BCUT2D eigenvalue weighted by molar-refractivity contribution is 8.00. The molecule has 0 saturated carbocycles. The van der Waals surface area contributed by atoms with E-state index in [1.54, 1.807) is 6.07 Å². The van der Waals surface area contributed by atoms with Crippen LogP contribution in [0.15, 0.2) is 16.5 Å². The summed E-state index contributed by atoms with van der Waals surface area (Å²) in [5.41, 5.74) is 1.51. The number of hydrogen-bond acceptors (Lipinski definition) is 9. The van der Waals surface area contributed by atoms with Crippen LogP contribution < -0.4 is 10.1 Å². The summed E-state index contributed by atoms with van der Waals surface area (Å²) in [6.07, 6.45) is 0. The maximum absolute atomic E-state index is 11.1. The number of non-ortho nitro benzene ring substituents is 1. The maximum atomic E-state index is 11.1. The van der Waals surface area contributed by atoms with Gasteiger partial charge < -0.3 is 14.8 Å². The molecule has 0 saturated heterocycles. The first-order valence-corrected chi connectivity index (χ1v) is 8.68. The smallest absolute Gasteiger partial charge is 0.270 e. The minimum absolute atomic E-state index is 0.0408. The van der Waals surface area contributed by atoms with Crippen LogP contribution >= 0.6 is 23.1 Å². The van der Waals surface area contributed by atoms with Crippen molar-refractivity contribution in [1.29, 1.82) is 0 Å².